The first-order valence-electron chi connectivity index (χ1n) is 7.45. The van der Waals surface area contributed by atoms with E-state index >= 15 is 0 Å². The molecular formula is C18H24O3. The van der Waals surface area contributed by atoms with Crippen molar-refractivity contribution in [1.29, 1.82) is 0 Å². The summed E-state index contributed by atoms with van der Waals surface area (Å²) in [7, 11) is 1.80. The van der Waals surface area contributed by atoms with E-state index in [0.29, 0.717) is 11.7 Å². The van der Waals surface area contributed by atoms with E-state index in [9.17, 15) is 4.79 Å². The highest BCUT2D eigenvalue weighted by atomic mass is 16.5. The maximum atomic E-state index is 10.8. The third kappa shape index (κ3) is 3.94. The van der Waals surface area contributed by atoms with Crippen molar-refractivity contribution in [2.45, 2.75) is 45.6 Å². The summed E-state index contributed by atoms with van der Waals surface area (Å²) >= 11 is 0. The van der Waals surface area contributed by atoms with Gasteiger partial charge in [0.1, 0.15) is 0 Å². The number of rotatable bonds is 4. The van der Waals surface area contributed by atoms with Crippen molar-refractivity contribution in [2.24, 2.45) is 5.41 Å². The first-order chi connectivity index (χ1) is 9.92. The van der Waals surface area contributed by atoms with Crippen LogP contribution in [-0.4, -0.2) is 24.3 Å². The predicted molar refractivity (Wildman–Crippen MR) is 83.6 cm³/mol. The van der Waals surface area contributed by atoms with Gasteiger partial charge in [-0.2, -0.15) is 0 Å². The van der Waals surface area contributed by atoms with Gasteiger partial charge in [-0.1, -0.05) is 37.6 Å². The van der Waals surface area contributed by atoms with Crippen LogP contribution in [0.1, 0.15) is 49.0 Å². The van der Waals surface area contributed by atoms with Crippen molar-refractivity contribution in [3.05, 3.63) is 47.0 Å². The van der Waals surface area contributed by atoms with Crippen molar-refractivity contribution in [3.63, 3.8) is 0 Å². The van der Waals surface area contributed by atoms with E-state index in [4.69, 9.17) is 9.84 Å². The molecule has 0 aliphatic heterocycles. The zero-order chi connectivity index (χ0) is 15.5. The lowest BCUT2D eigenvalue weighted by molar-refractivity contribution is -0.0101. The molecule has 1 aromatic carbocycles. The number of benzene rings is 1. The second-order valence-corrected chi connectivity index (χ2v) is 6.50. The second-order valence-electron chi connectivity index (χ2n) is 6.50. The van der Waals surface area contributed by atoms with Crippen LogP contribution >= 0.6 is 0 Å². The molecule has 114 valence electrons. The Morgan fingerprint density at radius 2 is 2.05 bits per heavy atom. The number of carboxylic acids is 1. The van der Waals surface area contributed by atoms with Gasteiger partial charge in [-0.05, 0) is 48.8 Å². The molecule has 1 saturated carbocycles. The van der Waals surface area contributed by atoms with Gasteiger partial charge in [0.15, 0.2) is 0 Å². The molecule has 0 amide bonds. The van der Waals surface area contributed by atoms with Gasteiger partial charge in [0.05, 0.1) is 11.7 Å². The van der Waals surface area contributed by atoms with Gasteiger partial charge in [-0.15, -0.1) is 0 Å². The molecule has 0 saturated heterocycles. The average Bonchev–Trinajstić information content (AvgIpc) is 2.44. The zero-order valence-corrected chi connectivity index (χ0v) is 13.1. The Bertz CT molecular complexity index is 526. The largest absolute Gasteiger partial charge is 0.478 e. The molecule has 0 aromatic heterocycles. The Hall–Kier alpha value is -1.61. The molecule has 1 atom stereocenters. The highest BCUT2D eigenvalue weighted by molar-refractivity contribution is 5.87. The molecular weight excluding hydrogens is 264 g/mol. The van der Waals surface area contributed by atoms with E-state index in [1.807, 2.05) is 12.1 Å². The molecule has 0 radical (unpaired) electrons. The van der Waals surface area contributed by atoms with Gasteiger partial charge >= 0.3 is 5.97 Å². The predicted octanol–water partition coefficient (Wildman–Crippen LogP) is 4.08. The van der Waals surface area contributed by atoms with Crippen LogP contribution in [0.3, 0.4) is 0 Å². The summed E-state index contributed by atoms with van der Waals surface area (Å²) in [6, 6.07) is 7.13. The molecule has 1 aliphatic rings. The SMILES string of the molecule is COC1CC/C(=C\Cc2ccc(C(=O)O)cc2)CC1(C)C. The molecule has 0 spiro atoms. The molecule has 0 bridgehead atoms. The number of allylic oxidation sites excluding steroid dienone is 2. The number of hydrogen-bond donors (Lipinski definition) is 1. The third-order valence-electron chi connectivity index (χ3n) is 4.39. The number of aromatic carboxylic acids is 1. The zero-order valence-electron chi connectivity index (χ0n) is 13.1. The molecule has 3 heteroatoms. The van der Waals surface area contributed by atoms with E-state index < -0.39 is 5.97 Å². The Balaban J connectivity index is 2.00. The first-order valence-corrected chi connectivity index (χ1v) is 7.45. The van der Waals surface area contributed by atoms with Crippen molar-refractivity contribution in [1.82, 2.24) is 0 Å². The van der Waals surface area contributed by atoms with Gasteiger partial charge in [0.2, 0.25) is 0 Å². The summed E-state index contributed by atoms with van der Waals surface area (Å²) in [5.74, 6) is -0.875. The fraction of sp³-hybridized carbons (Fsp3) is 0.500. The molecule has 1 unspecified atom stereocenters. The van der Waals surface area contributed by atoms with Crippen molar-refractivity contribution in [3.8, 4) is 0 Å². The standard InChI is InChI=1S/C18H24O3/c1-18(2)12-14(8-11-16(18)21-3)5-4-13-6-9-15(10-7-13)17(19)20/h5-7,9-10,16H,4,8,11-12H2,1-3H3,(H,19,20)/b14-5+. The van der Waals surface area contributed by atoms with Gasteiger partial charge in [-0.3, -0.25) is 0 Å². The number of ether oxygens (including phenoxy) is 1. The Kier molecular flexibility index (Phi) is 4.84. The minimum atomic E-state index is -0.875. The molecule has 2 rings (SSSR count). The van der Waals surface area contributed by atoms with Crippen LogP contribution < -0.4 is 0 Å². The minimum Gasteiger partial charge on any atom is -0.478 e. The normalized spacial score (nSPS) is 23.2. The first kappa shape index (κ1) is 15.8. The number of hydrogen-bond acceptors (Lipinski definition) is 2. The summed E-state index contributed by atoms with van der Waals surface area (Å²) in [5.41, 5.74) is 3.16. The van der Waals surface area contributed by atoms with Gasteiger partial charge in [0.25, 0.3) is 0 Å². The lowest BCUT2D eigenvalue weighted by Gasteiger charge is -2.38. The van der Waals surface area contributed by atoms with Crippen LogP contribution in [-0.2, 0) is 11.2 Å². The number of carboxylic acid groups (broad SMARTS) is 1. The van der Waals surface area contributed by atoms with Crippen molar-refractivity contribution < 1.29 is 14.6 Å². The summed E-state index contributed by atoms with van der Waals surface area (Å²) in [4.78, 5) is 10.8. The lowest BCUT2D eigenvalue weighted by Crippen LogP contribution is -2.35. The fourth-order valence-corrected chi connectivity index (χ4v) is 3.15. The Morgan fingerprint density at radius 1 is 1.38 bits per heavy atom. The number of methoxy groups -OCH3 is 1. The summed E-state index contributed by atoms with van der Waals surface area (Å²) in [5, 5.41) is 8.89. The van der Waals surface area contributed by atoms with E-state index in [-0.39, 0.29) is 5.41 Å². The van der Waals surface area contributed by atoms with Crippen LogP contribution in [0.15, 0.2) is 35.9 Å². The lowest BCUT2D eigenvalue weighted by atomic mass is 9.72. The van der Waals surface area contributed by atoms with Gasteiger partial charge in [0, 0.05) is 7.11 Å². The van der Waals surface area contributed by atoms with E-state index in [1.165, 1.54) is 5.57 Å². The molecule has 1 aliphatic carbocycles. The molecule has 1 N–H and O–H groups in total. The maximum absolute atomic E-state index is 10.8. The average molecular weight is 288 g/mol. The smallest absolute Gasteiger partial charge is 0.335 e. The highest BCUT2D eigenvalue weighted by Gasteiger charge is 2.34. The third-order valence-corrected chi connectivity index (χ3v) is 4.39. The van der Waals surface area contributed by atoms with Gasteiger partial charge < -0.3 is 9.84 Å². The fourth-order valence-electron chi connectivity index (χ4n) is 3.15. The van der Waals surface area contributed by atoms with Crippen LogP contribution in [0, 0.1) is 5.41 Å². The van der Waals surface area contributed by atoms with E-state index in [1.54, 1.807) is 19.2 Å². The van der Waals surface area contributed by atoms with Crippen LogP contribution in [0.5, 0.6) is 0 Å². The Labute approximate surface area is 126 Å². The highest BCUT2D eigenvalue weighted by Crippen LogP contribution is 2.40. The summed E-state index contributed by atoms with van der Waals surface area (Å²) in [6.07, 6.45) is 6.73. The van der Waals surface area contributed by atoms with Crippen molar-refractivity contribution in [2.75, 3.05) is 7.11 Å². The summed E-state index contributed by atoms with van der Waals surface area (Å²) < 4.78 is 5.57. The topological polar surface area (TPSA) is 46.5 Å². The van der Waals surface area contributed by atoms with E-state index in [0.717, 1.165) is 31.2 Å². The number of carbonyl (C=O) groups is 1. The quantitative estimate of drug-likeness (QED) is 0.849. The monoisotopic (exact) mass is 288 g/mol. The van der Waals surface area contributed by atoms with Crippen molar-refractivity contribution >= 4 is 5.97 Å². The molecule has 1 aromatic rings. The molecule has 0 heterocycles. The summed E-state index contributed by atoms with van der Waals surface area (Å²) in [6.45, 7) is 4.52. The van der Waals surface area contributed by atoms with Crippen LogP contribution in [0.4, 0.5) is 0 Å². The molecule has 3 nitrogen and oxygen atoms in total. The van der Waals surface area contributed by atoms with Gasteiger partial charge in [-0.25, -0.2) is 4.79 Å². The molecule has 1 fully saturated rings. The molecule has 21 heavy (non-hydrogen) atoms. The maximum Gasteiger partial charge on any atom is 0.335 e. The second kappa shape index (κ2) is 6.44. The van der Waals surface area contributed by atoms with E-state index in [2.05, 4.69) is 19.9 Å². The van der Waals surface area contributed by atoms with Crippen LogP contribution in [0.2, 0.25) is 0 Å². The minimum absolute atomic E-state index is 0.187. The van der Waals surface area contributed by atoms with Crippen LogP contribution in [0.25, 0.3) is 0 Å². The Morgan fingerprint density at radius 3 is 2.57 bits per heavy atom.